The monoisotopic (exact) mass is 394 g/mol. The Kier molecular flexibility index (Phi) is 8.15. The molecule has 1 aromatic heterocycles. The molecule has 1 N–H and O–H groups in total. The van der Waals surface area contributed by atoms with Crippen molar-refractivity contribution in [3.8, 4) is 11.4 Å². The van der Waals surface area contributed by atoms with Gasteiger partial charge in [0, 0.05) is 37.4 Å². The van der Waals surface area contributed by atoms with Gasteiger partial charge in [-0.3, -0.25) is 4.79 Å². The van der Waals surface area contributed by atoms with E-state index in [1.165, 1.54) is 11.8 Å². The fourth-order valence-corrected chi connectivity index (χ4v) is 3.31. The number of hydrogen-bond donors (Lipinski definition) is 1. The number of nitrogens with zero attached hydrogens (tertiary/aromatic N) is 3. The molecule has 1 heterocycles. The summed E-state index contributed by atoms with van der Waals surface area (Å²) in [6.45, 7) is 7.23. The lowest BCUT2D eigenvalue weighted by Crippen LogP contribution is -2.31. The summed E-state index contributed by atoms with van der Waals surface area (Å²) in [4.78, 5) is 12.1. The van der Waals surface area contributed by atoms with Crippen LogP contribution in [-0.4, -0.2) is 46.2 Å². The molecule has 2 rings (SSSR count). The van der Waals surface area contributed by atoms with E-state index in [2.05, 4.69) is 22.1 Å². The Balaban J connectivity index is 2.23. The molecule has 0 saturated carbocycles. The number of aromatic nitrogens is 3. The fourth-order valence-electron chi connectivity index (χ4n) is 2.29. The minimum atomic E-state index is -0.293. The van der Waals surface area contributed by atoms with Crippen LogP contribution in [0.1, 0.15) is 13.3 Å². The van der Waals surface area contributed by atoms with E-state index in [0.29, 0.717) is 29.9 Å². The Morgan fingerprint density at radius 3 is 2.81 bits per heavy atom. The lowest BCUT2D eigenvalue weighted by molar-refractivity contribution is -0.120. The Morgan fingerprint density at radius 2 is 2.15 bits per heavy atom. The molecule has 1 atom stereocenters. The van der Waals surface area contributed by atoms with E-state index < -0.39 is 0 Å². The van der Waals surface area contributed by atoms with Crippen molar-refractivity contribution in [3.63, 3.8) is 0 Å². The number of nitrogens with one attached hydrogen (secondary N) is 1. The van der Waals surface area contributed by atoms with Crippen molar-refractivity contribution in [2.75, 3.05) is 20.3 Å². The molecule has 0 aliphatic heterocycles. The van der Waals surface area contributed by atoms with Crippen molar-refractivity contribution in [1.82, 2.24) is 20.1 Å². The van der Waals surface area contributed by atoms with Crippen LogP contribution >= 0.6 is 23.4 Å². The maximum Gasteiger partial charge on any atom is 0.233 e. The first-order valence-electron chi connectivity index (χ1n) is 8.30. The van der Waals surface area contributed by atoms with Crippen molar-refractivity contribution in [2.45, 2.75) is 30.3 Å². The van der Waals surface area contributed by atoms with Gasteiger partial charge in [-0.2, -0.15) is 0 Å². The zero-order chi connectivity index (χ0) is 18.9. The second-order valence-corrected chi connectivity index (χ2v) is 7.35. The molecule has 1 aromatic carbocycles. The highest BCUT2D eigenvalue weighted by atomic mass is 35.5. The first-order chi connectivity index (χ1) is 12.6. The number of carbonyl (C=O) groups excluding carboxylic acids is 1. The van der Waals surface area contributed by atoms with Crippen LogP contribution in [-0.2, 0) is 16.1 Å². The van der Waals surface area contributed by atoms with E-state index >= 15 is 0 Å². The Labute approximate surface area is 163 Å². The SMILES string of the molecule is C=CCNC(=O)[C@H](C)Sc1nnc(-c2ccc(Cl)cc2)n1CCCOC. The largest absolute Gasteiger partial charge is 0.385 e. The number of ether oxygens (including phenoxy) is 1. The molecule has 26 heavy (non-hydrogen) atoms. The molecular weight excluding hydrogens is 372 g/mol. The molecule has 6 nitrogen and oxygen atoms in total. The lowest BCUT2D eigenvalue weighted by atomic mass is 10.2. The summed E-state index contributed by atoms with van der Waals surface area (Å²) in [5.74, 6) is 0.688. The van der Waals surface area contributed by atoms with Crippen LogP contribution in [0.2, 0.25) is 5.02 Å². The van der Waals surface area contributed by atoms with E-state index in [1.54, 1.807) is 13.2 Å². The van der Waals surface area contributed by atoms with Crippen molar-refractivity contribution >= 4 is 29.3 Å². The topological polar surface area (TPSA) is 69.0 Å². The number of benzene rings is 1. The van der Waals surface area contributed by atoms with Crippen LogP contribution in [0.15, 0.2) is 42.1 Å². The van der Waals surface area contributed by atoms with Gasteiger partial charge in [-0.15, -0.1) is 16.8 Å². The molecule has 2 aromatic rings. The second kappa shape index (κ2) is 10.4. The van der Waals surface area contributed by atoms with Crippen molar-refractivity contribution in [2.24, 2.45) is 0 Å². The zero-order valence-electron chi connectivity index (χ0n) is 14.9. The third-order valence-electron chi connectivity index (χ3n) is 3.62. The second-order valence-electron chi connectivity index (χ2n) is 5.60. The van der Waals surface area contributed by atoms with Gasteiger partial charge in [0.05, 0.1) is 5.25 Å². The number of rotatable bonds is 10. The van der Waals surface area contributed by atoms with Crippen LogP contribution in [0.5, 0.6) is 0 Å². The van der Waals surface area contributed by atoms with E-state index in [1.807, 2.05) is 35.8 Å². The van der Waals surface area contributed by atoms with Gasteiger partial charge < -0.3 is 14.6 Å². The summed E-state index contributed by atoms with van der Waals surface area (Å²) in [7, 11) is 1.67. The summed E-state index contributed by atoms with van der Waals surface area (Å²) >= 11 is 7.36. The third kappa shape index (κ3) is 5.59. The van der Waals surface area contributed by atoms with E-state index in [0.717, 1.165) is 17.8 Å². The summed E-state index contributed by atoms with van der Waals surface area (Å²) in [5.41, 5.74) is 0.926. The highest BCUT2D eigenvalue weighted by molar-refractivity contribution is 8.00. The van der Waals surface area contributed by atoms with E-state index in [-0.39, 0.29) is 11.2 Å². The molecule has 0 bridgehead atoms. The van der Waals surface area contributed by atoms with Crippen molar-refractivity contribution in [1.29, 1.82) is 0 Å². The van der Waals surface area contributed by atoms with Crippen LogP contribution in [0.4, 0.5) is 0 Å². The number of amides is 1. The van der Waals surface area contributed by atoms with Gasteiger partial charge >= 0.3 is 0 Å². The highest BCUT2D eigenvalue weighted by Crippen LogP contribution is 2.28. The first-order valence-corrected chi connectivity index (χ1v) is 9.56. The summed E-state index contributed by atoms with van der Waals surface area (Å²) in [5, 5.41) is 12.5. The summed E-state index contributed by atoms with van der Waals surface area (Å²) in [6.07, 6.45) is 2.47. The maximum absolute atomic E-state index is 12.1. The smallest absolute Gasteiger partial charge is 0.233 e. The van der Waals surface area contributed by atoms with Crippen LogP contribution in [0.25, 0.3) is 11.4 Å². The van der Waals surface area contributed by atoms with Crippen molar-refractivity contribution in [3.05, 3.63) is 41.9 Å². The molecule has 140 valence electrons. The third-order valence-corrected chi connectivity index (χ3v) is 4.95. The van der Waals surface area contributed by atoms with E-state index in [9.17, 15) is 4.79 Å². The Morgan fingerprint density at radius 1 is 1.42 bits per heavy atom. The average Bonchev–Trinajstić information content (AvgIpc) is 3.03. The highest BCUT2D eigenvalue weighted by Gasteiger charge is 2.20. The molecule has 0 radical (unpaired) electrons. The van der Waals surface area contributed by atoms with Crippen LogP contribution in [0, 0.1) is 0 Å². The number of thioether (sulfide) groups is 1. The molecule has 0 aliphatic rings. The van der Waals surface area contributed by atoms with Gasteiger partial charge in [0.15, 0.2) is 11.0 Å². The Bertz CT molecular complexity index is 733. The molecule has 0 fully saturated rings. The number of halogens is 1. The summed E-state index contributed by atoms with van der Waals surface area (Å²) < 4.78 is 7.17. The minimum absolute atomic E-state index is 0.0608. The first kappa shape index (κ1) is 20.5. The van der Waals surface area contributed by atoms with Gasteiger partial charge in [0.25, 0.3) is 0 Å². The van der Waals surface area contributed by atoms with Gasteiger partial charge in [0.1, 0.15) is 0 Å². The van der Waals surface area contributed by atoms with Crippen LogP contribution < -0.4 is 5.32 Å². The number of hydrogen-bond acceptors (Lipinski definition) is 5. The predicted octanol–water partition coefficient (Wildman–Crippen LogP) is 3.42. The normalized spacial score (nSPS) is 12.0. The molecule has 0 saturated heterocycles. The predicted molar refractivity (Wildman–Crippen MR) is 105 cm³/mol. The van der Waals surface area contributed by atoms with E-state index in [4.69, 9.17) is 16.3 Å². The van der Waals surface area contributed by atoms with Crippen molar-refractivity contribution < 1.29 is 9.53 Å². The maximum atomic E-state index is 12.1. The minimum Gasteiger partial charge on any atom is -0.385 e. The summed E-state index contributed by atoms with van der Waals surface area (Å²) in [6, 6.07) is 7.47. The molecule has 0 spiro atoms. The fraction of sp³-hybridized carbons (Fsp3) is 0.389. The molecule has 1 amide bonds. The van der Waals surface area contributed by atoms with Gasteiger partial charge in [-0.05, 0) is 37.6 Å². The number of carbonyl (C=O) groups is 1. The van der Waals surface area contributed by atoms with Gasteiger partial charge in [-0.1, -0.05) is 29.4 Å². The standard InChI is InChI=1S/C18H23ClN4O2S/c1-4-10-20-17(24)13(2)26-18-22-21-16(23(18)11-5-12-25-3)14-6-8-15(19)9-7-14/h4,6-9,13H,1,5,10-12H2,2-3H3,(H,20,24)/t13-/m0/s1. The van der Waals surface area contributed by atoms with Crippen LogP contribution in [0.3, 0.4) is 0 Å². The molecular formula is C18H23ClN4O2S. The Hall–Kier alpha value is -1.83. The molecule has 0 aliphatic carbocycles. The zero-order valence-corrected chi connectivity index (χ0v) is 16.5. The molecule has 0 unspecified atom stereocenters. The average molecular weight is 395 g/mol. The lowest BCUT2D eigenvalue weighted by Gasteiger charge is -2.13. The van der Waals surface area contributed by atoms with Gasteiger partial charge in [0.2, 0.25) is 5.91 Å². The molecule has 8 heteroatoms. The van der Waals surface area contributed by atoms with Gasteiger partial charge in [-0.25, -0.2) is 0 Å². The number of methoxy groups -OCH3 is 1. The quantitative estimate of drug-likeness (QED) is 0.380.